The molecular weight excluding hydrogens is 318 g/mol. The number of alkyl halides is 6. The number of aliphatic hydroxyl groups excluding tert-OH is 2. The molecule has 1 aromatic rings. The Morgan fingerprint density at radius 3 is 1.91 bits per heavy atom. The lowest BCUT2D eigenvalue weighted by Crippen LogP contribution is -2.26. The van der Waals surface area contributed by atoms with Gasteiger partial charge >= 0.3 is 12.4 Å². The SMILES string of the molecule is CC(O)C1C(=O)c2c(C(F)(F)F)ccc(C(F)(F)F)c2C1O. The van der Waals surface area contributed by atoms with Crippen LogP contribution in [0.4, 0.5) is 26.3 Å². The molecule has 0 saturated carbocycles. The number of halogens is 6. The van der Waals surface area contributed by atoms with Crippen LogP contribution in [0.2, 0.25) is 0 Å². The summed E-state index contributed by atoms with van der Waals surface area (Å²) in [7, 11) is 0. The quantitative estimate of drug-likeness (QED) is 0.780. The fraction of sp³-hybridized carbons (Fsp3) is 0.462. The van der Waals surface area contributed by atoms with Crippen LogP contribution < -0.4 is 0 Å². The van der Waals surface area contributed by atoms with Crippen molar-refractivity contribution in [1.29, 1.82) is 0 Å². The van der Waals surface area contributed by atoms with Crippen LogP contribution in [0.15, 0.2) is 12.1 Å². The van der Waals surface area contributed by atoms with Gasteiger partial charge < -0.3 is 10.2 Å². The molecule has 9 heteroatoms. The first-order valence-corrected chi connectivity index (χ1v) is 6.09. The van der Waals surface area contributed by atoms with Gasteiger partial charge in [0, 0.05) is 11.1 Å². The summed E-state index contributed by atoms with van der Waals surface area (Å²) >= 11 is 0. The van der Waals surface area contributed by atoms with Gasteiger partial charge in [-0.15, -0.1) is 0 Å². The molecule has 0 heterocycles. The van der Waals surface area contributed by atoms with Crippen molar-refractivity contribution in [3.8, 4) is 0 Å². The molecule has 2 rings (SSSR count). The van der Waals surface area contributed by atoms with E-state index in [1.54, 1.807) is 0 Å². The van der Waals surface area contributed by atoms with Crippen LogP contribution in [0.3, 0.4) is 0 Å². The summed E-state index contributed by atoms with van der Waals surface area (Å²) in [5.41, 5.74) is -5.42. The molecule has 3 nitrogen and oxygen atoms in total. The topological polar surface area (TPSA) is 57.5 Å². The maximum absolute atomic E-state index is 12.9. The van der Waals surface area contributed by atoms with Crippen LogP contribution in [0, 0.1) is 5.92 Å². The van der Waals surface area contributed by atoms with Crippen LogP contribution in [-0.2, 0) is 12.4 Å². The second-order valence-corrected chi connectivity index (χ2v) is 5.02. The Labute approximate surface area is 120 Å². The number of hydrogen-bond donors (Lipinski definition) is 2. The molecule has 3 atom stereocenters. The van der Waals surface area contributed by atoms with Crippen LogP contribution in [0.1, 0.15) is 40.1 Å². The number of benzene rings is 1. The summed E-state index contributed by atoms with van der Waals surface area (Å²) in [4.78, 5) is 12.0. The van der Waals surface area contributed by atoms with E-state index in [0.717, 1.165) is 6.92 Å². The molecule has 1 aliphatic rings. The van der Waals surface area contributed by atoms with Crippen molar-refractivity contribution >= 4 is 5.78 Å². The molecule has 2 N–H and O–H groups in total. The molecule has 22 heavy (non-hydrogen) atoms. The van der Waals surface area contributed by atoms with Gasteiger partial charge in [-0.05, 0) is 19.1 Å². The van der Waals surface area contributed by atoms with E-state index >= 15 is 0 Å². The normalized spacial score (nSPS) is 23.6. The minimum atomic E-state index is -5.06. The zero-order valence-electron chi connectivity index (χ0n) is 11.0. The highest BCUT2D eigenvalue weighted by atomic mass is 19.4. The van der Waals surface area contributed by atoms with E-state index in [4.69, 9.17) is 0 Å². The molecule has 3 unspecified atom stereocenters. The standard InChI is InChI=1S/C13H10F6O3/c1-4(20)7-10(21)8-5(12(14,15)16)2-3-6(13(17,18)19)9(8)11(7)22/h2-4,7,10,20-21H,1H3. The van der Waals surface area contributed by atoms with Gasteiger partial charge in [-0.3, -0.25) is 4.79 Å². The number of hydrogen-bond acceptors (Lipinski definition) is 3. The Bertz CT molecular complexity index is 617. The fourth-order valence-corrected chi connectivity index (χ4v) is 2.65. The molecule has 0 bridgehead atoms. The highest BCUT2D eigenvalue weighted by Crippen LogP contribution is 2.48. The average molecular weight is 328 g/mol. The van der Waals surface area contributed by atoms with E-state index in [1.165, 1.54) is 0 Å². The summed E-state index contributed by atoms with van der Waals surface area (Å²) in [6, 6.07) is 0.347. The third-order valence-electron chi connectivity index (χ3n) is 3.56. The van der Waals surface area contributed by atoms with Gasteiger partial charge in [-0.2, -0.15) is 26.3 Å². The van der Waals surface area contributed by atoms with E-state index in [1.807, 2.05) is 0 Å². The molecule has 0 aromatic heterocycles. The Balaban J connectivity index is 2.81. The van der Waals surface area contributed by atoms with Gasteiger partial charge in [0.2, 0.25) is 0 Å². The Morgan fingerprint density at radius 1 is 1.05 bits per heavy atom. The fourth-order valence-electron chi connectivity index (χ4n) is 2.65. The summed E-state index contributed by atoms with van der Waals surface area (Å²) < 4.78 is 77.6. The molecule has 0 amide bonds. The molecule has 0 spiro atoms. The lowest BCUT2D eigenvalue weighted by atomic mass is 9.95. The number of aliphatic hydroxyl groups is 2. The lowest BCUT2D eigenvalue weighted by Gasteiger charge is -2.19. The number of rotatable bonds is 1. The van der Waals surface area contributed by atoms with E-state index < -0.39 is 58.5 Å². The highest BCUT2D eigenvalue weighted by molar-refractivity contribution is 6.05. The Morgan fingerprint density at radius 2 is 1.50 bits per heavy atom. The third-order valence-corrected chi connectivity index (χ3v) is 3.56. The van der Waals surface area contributed by atoms with Crippen LogP contribution in [0.5, 0.6) is 0 Å². The van der Waals surface area contributed by atoms with E-state index in [0.29, 0.717) is 0 Å². The molecule has 0 saturated heterocycles. The number of carbonyl (C=O) groups excluding carboxylic acids is 1. The molecule has 0 aliphatic heterocycles. The van der Waals surface area contributed by atoms with Crippen molar-refractivity contribution < 1.29 is 41.4 Å². The number of Topliss-reactive ketones (excluding diaryl/α,β-unsaturated/α-hetero) is 1. The van der Waals surface area contributed by atoms with Gasteiger partial charge in [0.1, 0.15) is 0 Å². The Kier molecular flexibility index (Phi) is 3.77. The number of fused-ring (bicyclic) bond motifs is 1. The molecule has 0 radical (unpaired) electrons. The van der Waals surface area contributed by atoms with Crippen LogP contribution in [0.25, 0.3) is 0 Å². The maximum Gasteiger partial charge on any atom is 0.417 e. The summed E-state index contributed by atoms with van der Waals surface area (Å²) in [6.45, 7) is 1.01. The number of ketones is 1. The summed E-state index contributed by atoms with van der Waals surface area (Å²) in [5, 5.41) is 19.3. The minimum absolute atomic E-state index is 0.163. The highest BCUT2D eigenvalue weighted by Gasteiger charge is 2.51. The zero-order chi connectivity index (χ0) is 17.0. The number of carbonyl (C=O) groups is 1. The third kappa shape index (κ3) is 2.48. The van der Waals surface area contributed by atoms with Crippen molar-refractivity contribution in [3.05, 3.63) is 34.4 Å². The molecule has 1 aromatic carbocycles. The minimum Gasteiger partial charge on any atom is -0.393 e. The Hall–Kier alpha value is -1.61. The van der Waals surface area contributed by atoms with Crippen molar-refractivity contribution in [2.45, 2.75) is 31.5 Å². The van der Waals surface area contributed by atoms with E-state index in [9.17, 15) is 41.4 Å². The van der Waals surface area contributed by atoms with Gasteiger partial charge in [0.15, 0.2) is 5.78 Å². The van der Waals surface area contributed by atoms with Crippen molar-refractivity contribution in [3.63, 3.8) is 0 Å². The van der Waals surface area contributed by atoms with Crippen molar-refractivity contribution in [2.75, 3.05) is 0 Å². The van der Waals surface area contributed by atoms with Crippen molar-refractivity contribution in [2.24, 2.45) is 5.92 Å². The molecule has 0 fully saturated rings. The predicted molar refractivity (Wildman–Crippen MR) is 60.9 cm³/mol. The largest absolute Gasteiger partial charge is 0.417 e. The first kappa shape index (κ1) is 16.8. The first-order valence-electron chi connectivity index (χ1n) is 6.09. The first-order chi connectivity index (χ1) is 9.87. The van der Waals surface area contributed by atoms with E-state index in [-0.39, 0.29) is 12.1 Å². The van der Waals surface area contributed by atoms with Crippen LogP contribution in [-0.4, -0.2) is 22.1 Å². The second kappa shape index (κ2) is 4.95. The summed E-state index contributed by atoms with van der Waals surface area (Å²) in [6.07, 6.45) is -13.8. The molecule has 1 aliphatic carbocycles. The monoisotopic (exact) mass is 328 g/mol. The predicted octanol–water partition coefficient (Wildman–Crippen LogP) is 2.95. The van der Waals surface area contributed by atoms with Gasteiger partial charge in [0.25, 0.3) is 0 Å². The lowest BCUT2D eigenvalue weighted by molar-refractivity contribution is -0.142. The van der Waals surface area contributed by atoms with Gasteiger partial charge in [-0.1, -0.05) is 0 Å². The maximum atomic E-state index is 12.9. The van der Waals surface area contributed by atoms with Gasteiger partial charge in [-0.25, -0.2) is 0 Å². The zero-order valence-corrected chi connectivity index (χ0v) is 11.0. The molecular formula is C13H10F6O3. The average Bonchev–Trinajstić information content (AvgIpc) is 2.59. The second-order valence-electron chi connectivity index (χ2n) is 5.02. The van der Waals surface area contributed by atoms with Crippen LogP contribution >= 0.6 is 0 Å². The van der Waals surface area contributed by atoms with Crippen molar-refractivity contribution in [1.82, 2.24) is 0 Å². The van der Waals surface area contributed by atoms with E-state index in [2.05, 4.69) is 0 Å². The smallest absolute Gasteiger partial charge is 0.393 e. The molecule has 122 valence electrons. The summed E-state index contributed by atoms with van der Waals surface area (Å²) in [5.74, 6) is -3.12. The van der Waals surface area contributed by atoms with Gasteiger partial charge in [0.05, 0.1) is 29.3 Å².